The number of aliphatic hydroxyl groups is 1. The lowest BCUT2D eigenvalue weighted by Crippen LogP contribution is -2.29. The minimum atomic E-state index is -0.973. The monoisotopic (exact) mass is 621 g/mol. The molecule has 0 bridgehead atoms. The third-order valence-electron chi connectivity index (χ3n) is 7.05. The molecule has 1 aliphatic heterocycles. The first-order valence-corrected chi connectivity index (χ1v) is 15.5. The predicted octanol–water partition coefficient (Wildman–Crippen LogP) is 7.57. The topological polar surface area (TPSA) is 102 Å². The average molecular weight is 622 g/mol. The Balaban J connectivity index is 1.39. The summed E-state index contributed by atoms with van der Waals surface area (Å²) in [5, 5.41) is 20.4. The molecule has 1 atom stereocenters. The number of carbonyl (C=O) groups excluding carboxylic acids is 2. The highest BCUT2D eigenvalue weighted by Gasteiger charge is 2.48. The van der Waals surface area contributed by atoms with Gasteiger partial charge in [0, 0.05) is 11.3 Å². The lowest BCUT2D eigenvalue weighted by Gasteiger charge is -2.23. The smallest absolute Gasteiger partial charge is 0.301 e. The van der Waals surface area contributed by atoms with Crippen molar-refractivity contribution in [2.45, 2.75) is 23.1 Å². The van der Waals surface area contributed by atoms with Crippen molar-refractivity contribution >= 4 is 45.7 Å². The van der Waals surface area contributed by atoms with E-state index in [1.165, 1.54) is 33.6 Å². The molecule has 0 radical (unpaired) electrons. The zero-order valence-corrected chi connectivity index (χ0v) is 25.5. The maximum absolute atomic E-state index is 13.6. The van der Waals surface area contributed by atoms with E-state index in [0.717, 1.165) is 5.56 Å². The second-order valence-electron chi connectivity index (χ2n) is 10.0. The van der Waals surface area contributed by atoms with Crippen LogP contribution in [0.15, 0.2) is 113 Å². The van der Waals surface area contributed by atoms with Gasteiger partial charge in [0.1, 0.15) is 23.0 Å². The van der Waals surface area contributed by atoms with E-state index in [0.29, 0.717) is 38.5 Å². The Kier molecular flexibility index (Phi) is 8.44. The normalized spacial score (nSPS) is 15.9. The van der Waals surface area contributed by atoms with Crippen molar-refractivity contribution in [3.05, 3.63) is 131 Å². The van der Waals surface area contributed by atoms with Crippen LogP contribution in [-0.4, -0.2) is 34.1 Å². The zero-order chi connectivity index (χ0) is 30.6. The quantitative estimate of drug-likeness (QED) is 0.0591. The molecular weight excluding hydrogens is 595 g/mol. The second kappa shape index (κ2) is 12.7. The van der Waals surface area contributed by atoms with E-state index < -0.39 is 17.7 Å². The largest absolute Gasteiger partial charge is 0.507 e. The predicted molar refractivity (Wildman–Crippen MR) is 171 cm³/mol. The average Bonchev–Trinajstić information content (AvgIpc) is 3.62. The number of carbonyl (C=O) groups is 2. The number of benzene rings is 4. The summed E-state index contributed by atoms with van der Waals surface area (Å²) >= 11 is 2.72. The van der Waals surface area contributed by atoms with Crippen LogP contribution < -0.4 is 14.4 Å². The van der Waals surface area contributed by atoms with Crippen LogP contribution in [0.5, 0.6) is 17.2 Å². The molecule has 1 amide bonds. The van der Waals surface area contributed by atoms with E-state index in [2.05, 4.69) is 34.5 Å². The molecule has 1 aliphatic rings. The Morgan fingerprint density at radius 2 is 1.61 bits per heavy atom. The minimum Gasteiger partial charge on any atom is -0.507 e. The Morgan fingerprint density at radius 1 is 0.886 bits per heavy atom. The summed E-state index contributed by atoms with van der Waals surface area (Å²) in [6.07, 6.45) is 0. The lowest BCUT2D eigenvalue weighted by molar-refractivity contribution is -0.132. The van der Waals surface area contributed by atoms with Crippen LogP contribution in [0.3, 0.4) is 0 Å². The first-order chi connectivity index (χ1) is 21.4. The summed E-state index contributed by atoms with van der Waals surface area (Å²) in [4.78, 5) is 28.6. The number of anilines is 1. The number of aliphatic hydroxyl groups excluding tert-OH is 1. The molecule has 0 saturated carbocycles. The highest BCUT2D eigenvalue weighted by atomic mass is 32.2. The van der Waals surface area contributed by atoms with Gasteiger partial charge in [-0.3, -0.25) is 14.5 Å². The van der Waals surface area contributed by atoms with E-state index in [1.807, 2.05) is 37.3 Å². The molecule has 0 spiro atoms. The maximum Gasteiger partial charge on any atom is 0.301 e. The molecule has 2 heterocycles. The molecule has 4 aromatic carbocycles. The van der Waals surface area contributed by atoms with Crippen LogP contribution in [0.2, 0.25) is 0 Å². The molecule has 6 rings (SSSR count). The molecular formula is C34H27N3O5S2. The first kappa shape index (κ1) is 29.2. The fourth-order valence-electron chi connectivity index (χ4n) is 4.81. The van der Waals surface area contributed by atoms with Gasteiger partial charge in [-0.25, -0.2) is 0 Å². The van der Waals surface area contributed by atoms with Gasteiger partial charge in [-0.1, -0.05) is 83.3 Å². The van der Waals surface area contributed by atoms with Crippen molar-refractivity contribution in [1.29, 1.82) is 0 Å². The minimum absolute atomic E-state index is 0.0545. The molecule has 220 valence electrons. The van der Waals surface area contributed by atoms with Gasteiger partial charge in [-0.15, -0.1) is 10.2 Å². The molecule has 1 fully saturated rings. The number of ketones is 1. The fraction of sp³-hybridized carbons (Fsp3) is 0.118. The number of thioether (sulfide) groups is 1. The third-order valence-corrected chi connectivity index (χ3v) is 9.17. The van der Waals surface area contributed by atoms with Gasteiger partial charge in [0.2, 0.25) is 5.13 Å². The van der Waals surface area contributed by atoms with Gasteiger partial charge in [0.15, 0.2) is 4.34 Å². The number of hydrogen-bond donors (Lipinski definition) is 1. The summed E-state index contributed by atoms with van der Waals surface area (Å²) in [6.45, 7) is 2.04. The maximum atomic E-state index is 13.6. The van der Waals surface area contributed by atoms with E-state index in [-0.39, 0.29) is 16.5 Å². The summed E-state index contributed by atoms with van der Waals surface area (Å²) < 4.78 is 11.9. The fourth-order valence-corrected chi connectivity index (χ4v) is 6.63. The van der Waals surface area contributed by atoms with Crippen molar-refractivity contribution in [3.8, 4) is 17.2 Å². The number of aryl methyl sites for hydroxylation is 1. The molecule has 1 aromatic heterocycles. The number of ether oxygens (including phenoxy) is 2. The van der Waals surface area contributed by atoms with Gasteiger partial charge in [0.25, 0.3) is 5.78 Å². The van der Waals surface area contributed by atoms with Gasteiger partial charge in [-0.2, -0.15) is 0 Å². The van der Waals surface area contributed by atoms with Crippen molar-refractivity contribution in [1.82, 2.24) is 10.2 Å². The molecule has 44 heavy (non-hydrogen) atoms. The van der Waals surface area contributed by atoms with Crippen molar-refractivity contribution in [3.63, 3.8) is 0 Å². The lowest BCUT2D eigenvalue weighted by atomic mass is 9.95. The Bertz CT molecular complexity index is 1840. The first-order valence-electron chi connectivity index (χ1n) is 13.7. The summed E-state index contributed by atoms with van der Waals surface area (Å²) in [6, 6.07) is 30.3. The van der Waals surface area contributed by atoms with E-state index >= 15 is 0 Å². The highest BCUT2D eigenvalue weighted by molar-refractivity contribution is 8.00. The third kappa shape index (κ3) is 6.08. The van der Waals surface area contributed by atoms with Gasteiger partial charge < -0.3 is 14.6 Å². The van der Waals surface area contributed by atoms with E-state index in [9.17, 15) is 14.7 Å². The number of methoxy groups -OCH3 is 1. The van der Waals surface area contributed by atoms with Gasteiger partial charge >= 0.3 is 5.91 Å². The van der Waals surface area contributed by atoms with Crippen molar-refractivity contribution < 1.29 is 24.2 Å². The SMILES string of the molecule is COc1ccc(/C(O)=C2/C(=O)C(=O)N(c3nnc(SCc4ccc(C)cc4)s3)C2c2cccc(Oc3ccccc3)c2)cc1. The van der Waals surface area contributed by atoms with Crippen LogP contribution in [-0.2, 0) is 15.3 Å². The number of para-hydroxylation sites is 1. The van der Waals surface area contributed by atoms with E-state index in [1.54, 1.807) is 55.6 Å². The van der Waals surface area contributed by atoms with Crippen LogP contribution in [0.25, 0.3) is 5.76 Å². The number of hydrogen-bond acceptors (Lipinski definition) is 9. The molecule has 1 saturated heterocycles. The number of rotatable bonds is 9. The molecule has 1 N–H and O–H groups in total. The Labute approximate surface area is 262 Å². The Morgan fingerprint density at radius 3 is 2.34 bits per heavy atom. The van der Waals surface area contributed by atoms with Gasteiger partial charge in [-0.05, 0) is 66.6 Å². The second-order valence-corrected chi connectivity index (χ2v) is 12.2. The number of nitrogens with zero attached hydrogens (tertiary/aromatic N) is 3. The van der Waals surface area contributed by atoms with E-state index in [4.69, 9.17) is 9.47 Å². The number of Topliss-reactive ketones (excluding diaryl/α,β-unsaturated/α-hetero) is 1. The summed E-state index contributed by atoms with van der Waals surface area (Å²) in [5.74, 6) is 0.493. The standard InChI is InChI=1S/C34H27N3O5S2/c1-21-11-13-22(14-12-21)20-43-34-36-35-33(44-34)37-29(24-7-6-10-27(19-24)42-26-8-4-3-5-9-26)28(31(39)32(37)40)30(38)23-15-17-25(41-2)18-16-23/h3-19,29,38H,20H2,1-2H3/b30-28-. The van der Waals surface area contributed by atoms with Crippen LogP contribution in [0.1, 0.15) is 28.3 Å². The highest BCUT2D eigenvalue weighted by Crippen LogP contribution is 2.45. The molecule has 8 nitrogen and oxygen atoms in total. The Hall–Kier alpha value is -4.93. The zero-order valence-electron chi connectivity index (χ0n) is 23.8. The van der Waals surface area contributed by atoms with Crippen molar-refractivity contribution in [2.75, 3.05) is 12.0 Å². The molecule has 1 unspecified atom stereocenters. The molecule has 0 aliphatic carbocycles. The molecule has 5 aromatic rings. The van der Waals surface area contributed by atoms with Crippen LogP contribution >= 0.6 is 23.1 Å². The summed E-state index contributed by atoms with van der Waals surface area (Å²) in [5.41, 5.74) is 3.20. The van der Waals surface area contributed by atoms with Gasteiger partial charge in [0.05, 0.1) is 18.7 Å². The van der Waals surface area contributed by atoms with Crippen molar-refractivity contribution in [2.24, 2.45) is 0 Å². The van der Waals surface area contributed by atoms with Crippen LogP contribution in [0, 0.1) is 6.92 Å². The number of amides is 1. The van der Waals surface area contributed by atoms with Crippen LogP contribution in [0.4, 0.5) is 5.13 Å². The summed E-state index contributed by atoms with van der Waals surface area (Å²) in [7, 11) is 1.54. The molecule has 10 heteroatoms. The number of aromatic nitrogens is 2.